The Bertz CT molecular complexity index is 524. The van der Waals surface area contributed by atoms with Crippen molar-refractivity contribution in [2.45, 2.75) is 6.42 Å². The van der Waals surface area contributed by atoms with Gasteiger partial charge >= 0.3 is 0 Å². The Balaban J connectivity index is 1.95. The first-order valence-corrected chi connectivity index (χ1v) is 6.08. The number of nitrogens with two attached hydrogens (primary N) is 1. The van der Waals surface area contributed by atoms with E-state index in [9.17, 15) is 4.79 Å². The van der Waals surface area contributed by atoms with Gasteiger partial charge in [0.15, 0.2) is 0 Å². The van der Waals surface area contributed by atoms with E-state index in [2.05, 4.69) is 10.3 Å². The van der Waals surface area contributed by atoms with Gasteiger partial charge in [0.1, 0.15) is 5.82 Å². The van der Waals surface area contributed by atoms with Crippen molar-refractivity contribution in [2.75, 3.05) is 11.1 Å². The lowest BCUT2D eigenvalue weighted by atomic mass is 10.3. The van der Waals surface area contributed by atoms with Crippen molar-refractivity contribution in [1.82, 2.24) is 4.98 Å². The maximum atomic E-state index is 11.7. The molecule has 0 saturated carbocycles. The molecule has 0 spiro atoms. The summed E-state index contributed by atoms with van der Waals surface area (Å²) < 4.78 is 0.682. The van der Waals surface area contributed by atoms with Gasteiger partial charge in [0.25, 0.3) is 0 Å². The number of aromatic nitrogens is 1. The molecule has 6 heteroatoms. The molecule has 0 aliphatic heterocycles. The van der Waals surface area contributed by atoms with Gasteiger partial charge in [0.05, 0.1) is 22.6 Å². The molecule has 0 radical (unpaired) electrons. The van der Waals surface area contributed by atoms with E-state index in [0.29, 0.717) is 22.3 Å². The number of nitrogen functional groups attached to an aromatic ring is 1. The highest BCUT2D eigenvalue weighted by Gasteiger charge is 2.06. The zero-order valence-corrected chi connectivity index (χ0v) is 10.4. The maximum Gasteiger partial charge on any atom is 0.229 e. The number of nitrogens with one attached hydrogen (secondary N) is 1. The molecule has 4 nitrogen and oxygen atoms in total. The smallest absolute Gasteiger partial charge is 0.229 e. The zero-order chi connectivity index (χ0) is 12.3. The van der Waals surface area contributed by atoms with Gasteiger partial charge < -0.3 is 11.1 Å². The first-order chi connectivity index (χ1) is 8.13. The molecule has 0 unspecified atom stereocenters. The Morgan fingerprint density at radius 2 is 2.24 bits per heavy atom. The van der Waals surface area contributed by atoms with E-state index in [0.717, 1.165) is 4.88 Å². The minimum atomic E-state index is -0.102. The van der Waals surface area contributed by atoms with Gasteiger partial charge in [-0.3, -0.25) is 4.79 Å². The first-order valence-electron chi connectivity index (χ1n) is 4.89. The summed E-state index contributed by atoms with van der Waals surface area (Å²) in [6.07, 6.45) is 1.83. The number of carbonyl (C=O) groups excluding carboxylic acids is 1. The lowest BCUT2D eigenvalue weighted by molar-refractivity contribution is -0.115. The van der Waals surface area contributed by atoms with E-state index >= 15 is 0 Å². The van der Waals surface area contributed by atoms with Gasteiger partial charge in [-0.1, -0.05) is 11.6 Å². The molecule has 2 rings (SSSR count). The Morgan fingerprint density at radius 1 is 1.41 bits per heavy atom. The number of anilines is 2. The van der Waals surface area contributed by atoms with E-state index in [-0.39, 0.29) is 5.91 Å². The Hall–Kier alpha value is -1.59. The van der Waals surface area contributed by atoms with Crippen LogP contribution in [-0.4, -0.2) is 10.9 Å². The Labute approximate surface area is 107 Å². The first kappa shape index (κ1) is 11.9. The summed E-state index contributed by atoms with van der Waals surface area (Å²) in [5.41, 5.74) is 6.08. The normalized spacial score (nSPS) is 10.2. The number of hydrogen-bond donors (Lipinski definition) is 2. The third-order valence-electron chi connectivity index (χ3n) is 2.03. The van der Waals surface area contributed by atoms with Gasteiger partial charge in [0, 0.05) is 4.88 Å². The number of nitrogens with zero attached hydrogens (tertiary/aromatic N) is 1. The van der Waals surface area contributed by atoms with Crippen LogP contribution >= 0.6 is 22.9 Å². The summed E-state index contributed by atoms with van der Waals surface area (Å²) in [4.78, 5) is 16.5. The third-order valence-corrected chi connectivity index (χ3v) is 3.26. The van der Waals surface area contributed by atoms with Crippen LogP contribution in [0.3, 0.4) is 0 Å². The van der Waals surface area contributed by atoms with E-state index in [1.807, 2.05) is 6.07 Å². The van der Waals surface area contributed by atoms with E-state index in [4.69, 9.17) is 17.3 Å². The highest BCUT2D eigenvalue weighted by Crippen LogP contribution is 2.22. The van der Waals surface area contributed by atoms with Crippen LogP contribution in [-0.2, 0) is 11.2 Å². The molecular weight excluding hydrogens is 258 g/mol. The summed E-state index contributed by atoms with van der Waals surface area (Å²) in [5, 5.41) is 2.73. The Morgan fingerprint density at radius 3 is 2.82 bits per heavy atom. The van der Waals surface area contributed by atoms with Crippen LogP contribution in [0.4, 0.5) is 11.5 Å². The molecular formula is C11H10ClN3OS. The van der Waals surface area contributed by atoms with Crippen LogP contribution in [0.25, 0.3) is 0 Å². The molecule has 2 aromatic rings. The number of halogens is 1. The second kappa shape index (κ2) is 5.16. The van der Waals surface area contributed by atoms with Crippen molar-refractivity contribution in [2.24, 2.45) is 0 Å². The van der Waals surface area contributed by atoms with Crippen molar-refractivity contribution in [3.63, 3.8) is 0 Å². The quantitative estimate of drug-likeness (QED) is 0.898. The van der Waals surface area contributed by atoms with Gasteiger partial charge in [-0.25, -0.2) is 4.98 Å². The fourth-order valence-electron chi connectivity index (χ4n) is 1.29. The molecule has 0 aromatic carbocycles. The summed E-state index contributed by atoms with van der Waals surface area (Å²) >= 11 is 7.18. The molecule has 88 valence electrons. The van der Waals surface area contributed by atoms with E-state index in [1.54, 1.807) is 18.2 Å². The molecule has 17 heavy (non-hydrogen) atoms. The molecule has 2 aromatic heterocycles. The molecule has 0 bridgehead atoms. The van der Waals surface area contributed by atoms with Crippen LogP contribution < -0.4 is 11.1 Å². The van der Waals surface area contributed by atoms with Gasteiger partial charge in [-0.2, -0.15) is 0 Å². The predicted molar refractivity (Wildman–Crippen MR) is 70.3 cm³/mol. The number of thiophene rings is 1. The minimum absolute atomic E-state index is 0.102. The number of carbonyl (C=O) groups is 1. The average molecular weight is 268 g/mol. The third kappa shape index (κ3) is 3.44. The molecule has 2 heterocycles. The highest BCUT2D eigenvalue weighted by molar-refractivity contribution is 7.16. The van der Waals surface area contributed by atoms with Crippen LogP contribution in [0.2, 0.25) is 4.34 Å². The summed E-state index contributed by atoms with van der Waals surface area (Å²) in [5.74, 6) is 0.322. The molecule has 0 fully saturated rings. The fourth-order valence-corrected chi connectivity index (χ4v) is 2.38. The molecule has 0 atom stereocenters. The van der Waals surface area contributed by atoms with Crippen molar-refractivity contribution >= 4 is 40.4 Å². The second-order valence-corrected chi connectivity index (χ2v) is 5.20. The number of pyridine rings is 1. The molecule has 3 N–H and O–H groups in total. The second-order valence-electron chi connectivity index (χ2n) is 3.40. The SMILES string of the molecule is Nc1ccc(NC(=O)Cc2ccc(Cl)s2)cn1. The van der Waals surface area contributed by atoms with Gasteiger partial charge in [0.2, 0.25) is 5.91 Å². The lowest BCUT2D eigenvalue weighted by Gasteiger charge is -2.03. The topological polar surface area (TPSA) is 68.0 Å². The van der Waals surface area contributed by atoms with Gasteiger partial charge in [-0.15, -0.1) is 11.3 Å². The monoisotopic (exact) mass is 267 g/mol. The largest absolute Gasteiger partial charge is 0.384 e. The maximum absolute atomic E-state index is 11.7. The summed E-state index contributed by atoms with van der Waals surface area (Å²) in [7, 11) is 0. The predicted octanol–water partition coefficient (Wildman–Crippen LogP) is 2.56. The lowest BCUT2D eigenvalue weighted by Crippen LogP contribution is -2.13. The molecule has 1 amide bonds. The van der Waals surface area contributed by atoms with Crippen LogP contribution in [0.5, 0.6) is 0 Å². The van der Waals surface area contributed by atoms with Crippen molar-refractivity contribution in [1.29, 1.82) is 0 Å². The molecule has 0 saturated heterocycles. The van der Waals surface area contributed by atoms with Crippen LogP contribution in [0.15, 0.2) is 30.5 Å². The number of rotatable bonds is 3. The summed E-state index contributed by atoms with van der Waals surface area (Å²) in [6, 6.07) is 6.96. The highest BCUT2D eigenvalue weighted by atomic mass is 35.5. The standard InChI is InChI=1S/C11H10ClN3OS/c12-9-3-2-8(17-9)5-11(16)15-7-1-4-10(13)14-6-7/h1-4,6H,5H2,(H2,13,14)(H,15,16). The molecule has 0 aliphatic carbocycles. The van der Waals surface area contributed by atoms with E-state index in [1.165, 1.54) is 17.5 Å². The number of amides is 1. The van der Waals surface area contributed by atoms with Gasteiger partial charge in [-0.05, 0) is 24.3 Å². The molecule has 0 aliphatic rings. The van der Waals surface area contributed by atoms with Crippen molar-refractivity contribution in [3.8, 4) is 0 Å². The van der Waals surface area contributed by atoms with Crippen LogP contribution in [0.1, 0.15) is 4.88 Å². The summed E-state index contributed by atoms with van der Waals surface area (Å²) in [6.45, 7) is 0. The Kier molecular flexibility index (Phi) is 3.61. The average Bonchev–Trinajstić information content (AvgIpc) is 2.67. The van der Waals surface area contributed by atoms with Crippen molar-refractivity contribution in [3.05, 3.63) is 39.7 Å². The van der Waals surface area contributed by atoms with E-state index < -0.39 is 0 Å². The minimum Gasteiger partial charge on any atom is -0.384 e. The zero-order valence-electron chi connectivity index (χ0n) is 8.81. The van der Waals surface area contributed by atoms with Crippen molar-refractivity contribution < 1.29 is 4.79 Å². The van der Waals surface area contributed by atoms with Crippen LogP contribution in [0, 0.1) is 0 Å². The fraction of sp³-hybridized carbons (Fsp3) is 0.0909. The number of hydrogen-bond acceptors (Lipinski definition) is 4.